The maximum Gasteiger partial charge on any atom is 0.416 e. The second kappa shape index (κ2) is 9.84. The highest BCUT2D eigenvalue weighted by Crippen LogP contribution is 2.31. The summed E-state index contributed by atoms with van der Waals surface area (Å²) in [5.74, 6) is 0.349. The Bertz CT molecular complexity index is 1590. The van der Waals surface area contributed by atoms with Gasteiger partial charge in [0.25, 0.3) is 11.1 Å². The minimum absolute atomic E-state index is 0.0753. The monoisotopic (exact) mass is 531 g/mol. The third kappa shape index (κ3) is 5.14. The van der Waals surface area contributed by atoms with Crippen LogP contribution in [0.2, 0.25) is 0 Å². The van der Waals surface area contributed by atoms with Crippen LogP contribution in [0.4, 0.5) is 13.2 Å². The van der Waals surface area contributed by atoms with E-state index in [1.54, 1.807) is 0 Å². The molecular formula is C23H20F3N7O3S. The first kappa shape index (κ1) is 24.7. The van der Waals surface area contributed by atoms with Crippen LogP contribution in [-0.2, 0) is 24.1 Å². The van der Waals surface area contributed by atoms with Gasteiger partial charge in [-0.3, -0.25) is 23.5 Å². The number of benzene rings is 1. The van der Waals surface area contributed by atoms with Crippen LogP contribution in [0, 0.1) is 0 Å². The summed E-state index contributed by atoms with van der Waals surface area (Å²) in [5, 5.41) is 7.78. The number of carbonyl (C=O) groups is 1. The van der Waals surface area contributed by atoms with Gasteiger partial charge in [0.2, 0.25) is 5.91 Å². The van der Waals surface area contributed by atoms with Gasteiger partial charge in [-0.2, -0.15) is 18.3 Å². The maximum atomic E-state index is 13.0. The third-order valence-corrected chi connectivity index (χ3v) is 7.02. The van der Waals surface area contributed by atoms with Gasteiger partial charge in [0.05, 0.1) is 30.9 Å². The fourth-order valence-electron chi connectivity index (χ4n) is 4.14. The lowest BCUT2D eigenvalue weighted by atomic mass is 10.1. The Labute approximate surface area is 211 Å². The third-order valence-electron chi connectivity index (χ3n) is 5.91. The Hall–Kier alpha value is -3.94. The summed E-state index contributed by atoms with van der Waals surface area (Å²) < 4.78 is 43.2. The quantitative estimate of drug-likeness (QED) is 0.363. The van der Waals surface area contributed by atoms with Crippen molar-refractivity contribution >= 4 is 28.7 Å². The first-order chi connectivity index (χ1) is 17.7. The average Bonchev–Trinajstić information content (AvgIpc) is 3.46. The Kier molecular flexibility index (Phi) is 6.58. The van der Waals surface area contributed by atoms with Crippen molar-refractivity contribution in [3.63, 3.8) is 0 Å². The van der Waals surface area contributed by atoms with Gasteiger partial charge in [-0.05, 0) is 17.7 Å². The predicted octanol–water partition coefficient (Wildman–Crippen LogP) is 2.07. The molecule has 37 heavy (non-hydrogen) atoms. The molecule has 0 radical (unpaired) electrons. The number of aromatic nitrogens is 6. The Morgan fingerprint density at radius 2 is 2.03 bits per heavy atom. The fourth-order valence-corrected chi connectivity index (χ4v) is 5.27. The van der Waals surface area contributed by atoms with Crippen molar-refractivity contribution in [1.82, 2.24) is 34.2 Å². The van der Waals surface area contributed by atoms with E-state index in [-0.39, 0.29) is 48.9 Å². The highest BCUT2D eigenvalue weighted by molar-refractivity contribution is 7.99. The molecule has 192 valence electrons. The number of alkyl halides is 3. The lowest BCUT2D eigenvalue weighted by molar-refractivity contribution is -0.137. The molecule has 1 unspecified atom stereocenters. The standard InChI is InChI=1S/C23H20F3N7O3S/c24-23(25,26)15-3-1-2-14(8-15)11-31-13-29-20-17(21(31)36)10-30-32(20)7-6-27-18(34)9-16-12-37-22-28-5-4-19(35)33(16)22/h1-5,8,10,13,16H,6-7,9,11-12H2,(H,27,34). The highest BCUT2D eigenvalue weighted by Gasteiger charge is 2.30. The Balaban J connectivity index is 1.22. The number of carbonyl (C=O) groups excluding carboxylic acids is 1. The summed E-state index contributed by atoms with van der Waals surface area (Å²) in [4.78, 5) is 45.8. The van der Waals surface area contributed by atoms with Gasteiger partial charge in [-0.15, -0.1) is 0 Å². The topological polar surface area (TPSA) is 117 Å². The van der Waals surface area contributed by atoms with E-state index in [0.717, 1.165) is 12.1 Å². The van der Waals surface area contributed by atoms with E-state index >= 15 is 0 Å². The van der Waals surface area contributed by atoms with Crippen LogP contribution < -0.4 is 16.4 Å². The molecule has 3 aromatic heterocycles. The average molecular weight is 532 g/mol. The van der Waals surface area contributed by atoms with Crippen LogP contribution in [0.1, 0.15) is 23.6 Å². The van der Waals surface area contributed by atoms with Crippen LogP contribution >= 0.6 is 11.8 Å². The van der Waals surface area contributed by atoms with E-state index < -0.39 is 17.3 Å². The van der Waals surface area contributed by atoms with Gasteiger partial charge in [-0.25, -0.2) is 14.6 Å². The molecule has 14 heteroatoms. The smallest absolute Gasteiger partial charge is 0.354 e. The van der Waals surface area contributed by atoms with Crippen molar-refractivity contribution in [3.05, 3.63) is 80.9 Å². The first-order valence-electron chi connectivity index (χ1n) is 11.2. The van der Waals surface area contributed by atoms with Crippen LogP contribution in [-0.4, -0.2) is 47.1 Å². The largest absolute Gasteiger partial charge is 0.416 e. The summed E-state index contributed by atoms with van der Waals surface area (Å²) in [7, 11) is 0. The molecule has 1 atom stereocenters. The molecule has 4 heterocycles. The van der Waals surface area contributed by atoms with Gasteiger partial charge in [-0.1, -0.05) is 23.9 Å². The molecule has 5 rings (SSSR count). The van der Waals surface area contributed by atoms with E-state index in [0.29, 0.717) is 22.1 Å². The predicted molar refractivity (Wildman–Crippen MR) is 128 cm³/mol. The molecule has 1 aliphatic heterocycles. The van der Waals surface area contributed by atoms with Gasteiger partial charge < -0.3 is 5.32 Å². The van der Waals surface area contributed by atoms with E-state index in [1.807, 2.05) is 0 Å². The first-order valence-corrected chi connectivity index (χ1v) is 12.2. The normalized spacial score (nSPS) is 15.2. The number of fused-ring (bicyclic) bond motifs is 2. The lowest BCUT2D eigenvalue weighted by Crippen LogP contribution is -2.32. The van der Waals surface area contributed by atoms with E-state index in [9.17, 15) is 27.6 Å². The summed E-state index contributed by atoms with van der Waals surface area (Å²) in [5.41, 5.74) is -0.802. The zero-order valence-electron chi connectivity index (χ0n) is 19.2. The number of hydrogen-bond acceptors (Lipinski definition) is 7. The van der Waals surface area contributed by atoms with Crippen molar-refractivity contribution < 1.29 is 18.0 Å². The van der Waals surface area contributed by atoms with E-state index in [1.165, 1.54) is 62.5 Å². The molecule has 0 saturated heterocycles. The number of rotatable bonds is 7. The van der Waals surface area contributed by atoms with Crippen LogP contribution in [0.5, 0.6) is 0 Å². The Morgan fingerprint density at radius 1 is 1.19 bits per heavy atom. The minimum Gasteiger partial charge on any atom is -0.354 e. The number of nitrogens with one attached hydrogen (secondary N) is 1. The number of amides is 1. The van der Waals surface area contributed by atoms with Gasteiger partial charge >= 0.3 is 6.18 Å². The zero-order chi connectivity index (χ0) is 26.2. The molecule has 0 aliphatic carbocycles. The lowest BCUT2D eigenvalue weighted by Gasteiger charge is -2.13. The van der Waals surface area contributed by atoms with Crippen molar-refractivity contribution in [2.45, 2.75) is 36.9 Å². The number of hydrogen-bond donors (Lipinski definition) is 1. The van der Waals surface area contributed by atoms with Gasteiger partial charge in [0.15, 0.2) is 10.8 Å². The second-order valence-corrected chi connectivity index (χ2v) is 9.42. The van der Waals surface area contributed by atoms with Crippen molar-refractivity contribution in [2.24, 2.45) is 0 Å². The van der Waals surface area contributed by atoms with Crippen molar-refractivity contribution in [1.29, 1.82) is 0 Å². The molecule has 1 amide bonds. The Morgan fingerprint density at radius 3 is 2.84 bits per heavy atom. The zero-order valence-corrected chi connectivity index (χ0v) is 20.0. The maximum absolute atomic E-state index is 13.0. The van der Waals surface area contributed by atoms with Crippen LogP contribution in [0.3, 0.4) is 0 Å². The highest BCUT2D eigenvalue weighted by atomic mass is 32.2. The fraction of sp³-hybridized carbons (Fsp3) is 0.304. The summed E-state index contributed by atoms with van der Waals surface area (Å²) in [6.45, 7) is 0.393. The summed E-state index contributed by atoms with van der Waals surface area (Å²) in [6.07, 6.45) is -0.282. The summed E-state index contributed by atoms with van der Waals surface area (Å²) in [6, 6.07) is 5.86. The van der Waals surface area contributed by atoms with Gasteiger partial charge in [0, 0.05) is 31.0 Å². The molecule has 10 nitrogen and oxygen atoms in total. The minimum atomic E-state index is -4.48. The van der Waals surface area contributed by atoms with E-state index in [4.69, 9.17) is 0 Å². The van der Waals surface area contributed by atoms with E-state index in [2.05, 4.69) is 20.4 Å². The number of nitrogens with zero attached hydrogens (tertiary/aromatic N) is 6. The molecule has 1 N–H and O–H groups in total. The van der Waals surface area contributed by atoms with Crippen molar-refractivity contribution in [3.8, 4) is 0 Å². The molecule has 0 spiro atoms. The summed E-state index contributed by atoms with van der Waals surface area (Å²) >= 11 is 1.43. The SMILES string of the molecule is O=C(CC1CSc2nccc(=O)n21)NCCn1ncc2c(=O)n(Cc3cccc(C(F)(F)F)c3)cnc21. The molecule has 4 aromatic rings. The second-order valence-electron chi connectivity index (χ2n) is 8.44. The molecule has 1 aromatic carbocycles. The van der Waals surface area contributed by atoms with Crippen LogP contribution in [0.15, 0.2) is 63.8 Å². The molecule has 0 saturated carbocycles. The van der Waals surface area contributed by atoms with Gasteiger partial charge in [0.1, 0.15) is 11.7 Å². The molecule has 0 fully saturated rings. The molecular weight excluding hydrogens is 511 g/mol. The number of halogens is 3. The molecule has 1 aliphatic rings. The molecule has 0 bridgehead atoms. The number of thioether (sulfide) groups is 1. The van der Waals surface area contributed by atoms with Crippen molar-refractivity contribution in [2.75, 3.05) is 12.3 Å². The van der Waals surface area contributed by atoms with Crippen LogP contribution in [0.25, 0.3) is 11.0 Å².